The van der Waals surface area contributed by atoms with Crippen LogP contribution in [0.2, 0.25) is 0 Å². The standard InChI is InChI=1S/C24H26FNO3S/c25-21-10-7-19(8-11-21)24(27)20-13-16-26(17-14-20)15-3-5-22-12-9-18-4-1-2-6-23(18)30(22,28)29/h1-2,4,6-12,20,22H,3,5,13-17H2. The highest BCUT2D eigenvalue weighted by atomic mass is 32.2. The Kier molecular flexibility index (Phi) is 6.16. The van der Waals surface area contributed by atoms with Gasteiger partial charge in [0.25, 0.3) is 0 Å². The Balaban J connectivity index is 1.26. The first-order valence-corrected chi connectivity index (χ1v) is 12.0. The molecule has 0 N–H and O–H groups in total. The number of ketones is 1. The van der Waals surface area contributed by atoms with Crippen LogP contribution in [0.3, 0.4) is 0 Å². The molecule has 0 bridgehead atoms. The number of fused-ring (bicyclic) bond motifs is 1. The lowest BCUT2D eigenvalue weighted by atomic mass is 9.89. The number of sulfone groups is 1. The molecule has 0 spiro atoms. The van der Waals surface area contributed by atoms with Crippen LogP contribution in [-0.2, 0) is 9.84 Å². The van der Waals surface area contributed by atoms with Crippen molar-refractivity contribution < 1.29 is 17.6 Å². The first kappa shape index (κ1) is 20.9. The molecule has 0 saturated carbocycles. The molecule has 2 aromatic rings. The lowest BCUT2D eigenvalue weighted by molar-refractivity contribution is 0.0839. The van der Waals surface area contributed by atoms with Crippen molar-refractivity contribution >= 4 is 21.7 Å². The van der Waals surface area contributed by atoms with Gasteiger partial charge in [-0.15, -0.1) is 0 Å². The molecule has 0 amide bonds. The van der Waals surface area contributed by atoms with Crippen LogP contribution in [0.4, 0.5) is 4.39 Å². The van der Waals surface area contributed by atoms with Gasteiger partial charge in [0, 0.05) is 11.5 Å². The van der Waals surface area contributed by atoms with E-state index in [4.69, 9.17) is 0 Å². The zero-order valence-electron chi connectivity index (χ0n) is 16.8. The van der Waals surface area contributed by atoms with Crippen LogP contribution < -0.4 is 0 Å². The second-order valence-corrected chi connectivity index (χ2v) is 10.2. The van der Waals surface area contributed by atoms with Crippen LogP contribution in [0.25, 0.3) is 6.08 Å². The Morgan fingerprint density at radius 2 is 1.73 bits per heavy atom. The Morgan fingerprint density at radius 3 is 2.47 bits per heavy atom. The first-order valence-electron chi connectivity index (χ1n) is 10.5. The highest BCUT2D eigenvalue weighted by Crippen LogP contribution is 2.30. The third-order valence-corrected chi connectivity index (χ3v) is 8.34. The van der Waals surface area contributed by atoms with Gasteiger partial charge in [0.05, 0.1) is 10.1 Å². The van der Waals surface area contributed by atoms with E-state index >= 15 is 0 Å². The van der Waals surface area contributed by atoms with Gasteiger partial charge in [0.15, 0.2) is 15.6 Å². The predicted octanol–water partition coefficient (Wildman–Crippen LogP) is 4.37. The molecular weight excluding hydrogens is 401 g/mol. The van der Waals surface area contributed by atoms with Gasteiger partial charge in [0.1, 0.15) is 5.82 Å². The van der Waals surface area contributed by atoms with E-state index in [2.05, 4.69) is 4.90 Å². The number of benzene rings is 2. The molecule has 2 aliphatic rings. The fourth-order valence-electron chi connectivity index (χ4n) is 4.39. The van der Waals surface area contributed by atoms with Crippen molar-refractivity contribution in [1.29, 1.82) is 0 Å². The first-order chi connectivity index (χ1) is 14.4. The van der Waals surface area contributed by atoms with Gasteiger partial charge in [-0.2, -0.15) is 0 Å². The molecule has 1 unspecified atom stereocenters. The summed E-state index contributed by atoms with van der Waals surface area (Å²) in [5.74, 6) is -0.267. The smallest absolute Gasteiger partial charge is 0.185 e. The summed E-state index contributed by atoms with van der Waals surface area (Å²) in [7, 11) is -3.32. The van der Waals surface area contributed by atoms with Crippen LogP contribution in [0.5, 0.6) is 0 Å². The van der Waals surface area contributed by atoms with Gasteiger partial charge >= 0.3 is 0 Å². The number of rotatable bonds is 6. The summed E-state index contributed by atoms with van der Waals surface area (Å²) in [6.45, 7) is 2.49. The van der Waals surface area contributed by atoms with Gasteiger partial charge in [-0.05, 0) is 81.2 Å². The summed E-state index contributed by atoms with van der Waals surface area (Å²) < 4.78 is 38.7. The second-order valence-electron chi connectivity index (χ2n) is 8.11. The fourth-order valence-corrected chi connectivity index (χ4v) is 6.21. The molecule has 2 aliphatic heterocycles. The number of carbonyl (C=O) groups excluding carboxylic acids is 1. The molecule has 1 fully saturated rings. The molecular formula is C24H26FNO3S. The van der Waals surface area contributed by atoms with Crippen molar-refractivity contribution in [2.75, 3.05) is 19.6 Å². The molecule has 2 heterocycles. The highest BCUT2D eigenvalue weighted by molar-refractivity contribution is 7.92. The normalized spacial score (nSPS) is 21.3. The molecule has 30 heavy (non-hydrogen) atoms. The van der Waals surface area contributed by atoms with Gasteiger partial charge < -0.3 is 4.90 Å². The van der Waals surface area contributed by atoms with Crippen molar-refractivity contribution in [3.63, 3.8) is 0 Å². The van der Waals surface area contributed by atoms with E-state index in [1.807, 2.05) is 24.3 Å². The number of nitrogens with zero attached hydrogens (tertiary/aromatic N) is 1. The third kappa shape index (κ3) is 4.40. The monoisotopic (exact) mass is 427 g/mol. The number of hydrogen-bond acceptors (Lipinski definition) is 4. The quantitative estimate of drug-likeness (QED) is 0.643. The number of halogens is 1. The van der Waals surface area contributed by atoms with Crippen LogP contribution in [0.15, 0.2) is 59.5 Å². The Labute approximate surface area is 177 Å². The van der Waals surface area contributed by atoms with Gasteiger partial charge in [-0.3, -0.25) is 4.79 Å². The minimum atomic E-state index is -3.32. The molecule has 2 aromatic carbocycles. The maximum absolute atomic E-state index is 13.1. The maximum atomic E-state index is 13.1. The summed E-state index contributed by atoms with van der Waals surface area (Å²) in [6.07, 6.45) is 6.68. The van der Waals surface area contributed by atoms with Crippen LogP contribution in [0, 0.1) is 11.7 Å². The minimum Gasteiger partial charge on any atom is -0.303 e. The third-order valence-electron chi connectivity index (χ3n) is 6.16. The van der Waals surface area contributed by atoms with Crippen LogP contribution in [0.1, 0.15) is 41.6 Å². The second kappa shape index (κ2) is 8.82. The van der Waals surface area contributed by atoms with E-state index < -0.39 is 15.1 Å². The van der Waals surface area contributed by atoms with Crippen molar-refractivity contribution in [2.45, 2.75) is 35.8 Å². The van der Waals surface area contributed by atoms with E-state index in [9.17, 15) is 17.6 Å². The summed E-state index contributed by atoms with van der Waals surface area (Å²) in [6, 6.07) is 12.9. The average molecular weight is 428 g/mol. The molecule has 4 rings (SSSR count). The number of hydrogen-bond donors (Lipinski definition) is 0. The zero-order valence-corrected chi connectivity index (χ0v) is 17.7. The largest absolute Gasteiger partial charge is 0.303 e. The van der Waals surface area contributed by atoms with E-state index in [-0.39, 0.29) is 17.5 Å². The fraction of sp³-hybridized carbons (Fsp3) is 0.375. The average Bonchev–Trinajstić information content (AvgIpc) is 2.76. The van der Waals surface area contributed by atoms with E-state index in [0.29, 0.717) is 16.9 Å². The molecule has 6 heteroatoms. The van der Waals surface area contributed by atoms with Crippen molar-refractivity contribution in [1.82, 2.24) is 4.90 Å². The highest BCUT2D eigenvalue weighted by Gasteiger charge is 2.30. The van der Waals surface area contributed by atoms with Crippen molar-refractivity contribution in [2.24, 2.45) is 5.92 Å². The van der Waals surface area contributed by atoms with E-state index in [1.54, 1.807) is 24.3 Å². The minimum absolute atomic E-state index is 0.0233. The lowest BCUT2D eigenvalue weighted by Crippen LogP contribution is -2.37. The molecule has 158 valence electrons. The number of Topliss-reactive ketones (excluding diaryl/α,β-unsaturated/α-hetero) is 1. The SMILES string of the molecule is O=C(c1ccc(F)cc1)C1CCN(CCCC2C=Cc3ccccc3S2(=O)=O)CC1. The Bertz CT molecular complexity index is 1040. The topological polar surface area (TPSA) is 54.5 Å². The predicted molar refractivity (Wildman–Crippen MR) is 116 cm³/mol. The van der Waals surface area contributed by atoms with Gasteiger partial charge in [-0.25, -0.2) is 12.8 Å². The molecule has 0 aromatic heterocycles. The summed E-state index contributed by atoms with van der Waals surface area (Å²) in [4.78, 5) is 15.3. The number of piperidine rings is 1. The lowest BCUT2D eigenvalue weighted by Gasteiger charge is -2.31. The molecule has 0 radical (unpaired) electrons. The molecule has 1 saturated heterocycles. The van der Waals surface area contributed by atoms with Crippen LogP contribution >= 0.6 is 0 Å². The number of carbonyl (C=O) groups is 1. The van der Waals surface area contributed by atoms with E-state index in [0.717, 1.165) is 44.5 Å². The summed E-state index contributed by atoms with van der Waals surface area (Å²) >= 11 is 0. The molecule has 4 nitrogen and oxygen atoms in total. The molecule has 1 atom stereocenters. The van der Waals surface area contributed by atoms with Crippen LogP contribution in [-0.4, -0.2) is 44.0 Å². The van der Waals surface area contributed by atoms with Crippen molar-refractivity contribution in [3.05, 3.63) is 71.6 Å². The molecule has 0 aliphatic carbocycles. The Morgan fingerprint density at radius 1 is 1.03 bits per heavy atom. The zero-order chi connectivity index (χ0) is 21.1. The van der Waals surface area contributed by atoms with Gasteiger partial charge in [0.2, 0.25) is 0 Å². The Hall–Kier alpha value is -2.31. The maximum Gasteiger partial charge on any atom is 0.185 e. The summed E-state index contributed by atoms with van der Waals surface area (Å²) in [5.41, 5.74) is 1.34. The van der Waals surface area contributed by atoms with E-state index in [1.165, 1.54) is 12.1 Å². The van der Waals surface area contributed by atoms with Gasteiger partial charge in [-0.1, -0.05) is 30.4 Å². The van der Waals surface area contributed by atoms with Crippen molar-refractivity contribution in [3.8, 4) is 0 Å². The summed E-state index contributed by atoms with van der Waals surface area (Å²) in [5, 5.41) is -0.468. The number of likely N-dealkylation sites (tertiary alicyclic amines) is 1.